The molecule has 1 aromatic carbocycles. The summed E-state index contributed by atoms with van der Waals surface area (Å²) in [4.78, 5) is 24.2. The summed E-state index contributed by atoms with van der Waals surface area (Å²) >= 11 is 0. The molecule has 3 heterocycles. The number of carboxylic acid groups (broad SMARTS) is 1. The standard InChI is InChI=1S/C25H25N5O3/c1-33-21-9-5-3-6-18(21)19-7-2-4-8-20-24(19)30-15-16(10-11-22(30)29-20)17-12-26-25(27-13-17)28-14-23(31)32/h3,5-6,9-13,15,19H,2,4,7-8,14H2,1H3,(H,31,32)(H,26,27,28). The van der Waals surface area contributed by atoms with Gasteiger partial charge < -0.3 is 19.6 Å². The molecule has 5 rings (SSSR count). The van der Waals surface area contributed by atoms with Crippen LogP contribution in [0.25, 0.3) is 16.8 Å². The lowest BCUT2D eigenvalue weighted by Crippen LogP contribution is -2.14. The molecule has 3 aromatic heterocycles. The van der Waals surface area contributed by atoms with Gasteiger partial charge in [-0.1, -0.05) is 24.6 Å². The number of para-hydroxylation sites is 1. The first-order chi connectivity index (χ1) is 16.1. The molecule has 1 atom stereocenters. The monoisotopic (exact) mass is 443 g/mol. The molecule has 33 heavy (non-hydrogen) atoms. The zero-order valence-corrected chi connectivity index (χ0v) is 18.4. The van der Waals surface area contributed by atoms with Gasteiger partial charge in [-0.2, -0.15) is 0 Å². The molecule has 0 aliphatic heterocycles. The van der Waals surface area contributed by atoms with E-state index in [4.69, 9.17) is 14.8 Å². The average Bonchev–Trinajstić information content (AvgIpc) is 3.07. The number of aliphatic carboxylic acids is 1. The van der Waals surface area contributed by atoms with E-state index in [2.05, 4.69) is 38.0 Å². The quantitative estimate of drug-likeness (QED) is 0.432. The number of fused-ring (bicyclic) bond motifs is 3. The summed E-state index contributed by atoms with van der Waals surface area (Å²) < 4.78 is 7.89. The van der Waals surface area contributed by atoms with Crippen LogP contribution in [0.5, 0.6) is 5.75 Å². The predicted molar refractivity (Wildman–Crippen MR) is 125 cm³/mol. The maximum Gasteiger partial charge on any atom is 0.322 e. The normalized spacial score (nSPS) is 15.6. The Morgan fingerprint density at radius 1 is 1.15 bits per heavy atom. The summed E-state index contributed by atoms with van der Waals surface area (Å²) in [5.74, 6) is 0.426. The maximum atomic E-state index is 10.7. The smallest absolute Gasteiger partial charge is 0.322 e. The zero-order valence-electron chi connectivity index (χ0n) is 18.4. The molecule has 4 aromatic rings. The summed E-state index contributed by atoms with van der Waals surface area (Å²) in [6, 6.07) is 12.3. The molecule has 1 aliphatic rings. The van der Waals surface area contributed by atoms with Gasteiger partial charge in [0.2, 0.25) is 5.95 Å². The number of rotatable bonds is 6. The third-order valence-corrected chi connectivity index (χ3v) is 6.12. The second kappa shape index (κ2) is 8.90. The van der Waals surface area contributed by atoms with Crippen molar-refractivity contribution in [2.45, 2.75) is 31.6 Å². The van der Waals surface area contributed by atoms with Crippen LogP contribution in [-0.4, -0.2) is 44.1 Å². The van der Waals surface area contributed by atoms with Crippen LogP contribution in [-0.2, 0) is 11.2 Å². The van der Waals surface area contributed by atoms with Gasteiger partial charge in [0.25, 0.3) is 0 Å². The zero-order chi connectivity index (χ0) is 22.8. The molecular formula is C25H25N5O3. The molecule has 1 unspecified atom stereocenters. The summed E-state index contributed by atoms with van der Waals surface area (Å²) in [6.07, 6.45) is 9.76. The van der Waals surface area contributed by atoms with E-state index in [1.165, 1.54) is 11.3 Å². The number of hydrogen-bond acceptors (Lipinski definition) is 6. The Labute approximate surface area is 191 Å². The minimum absolute atomic E-state index is 0.197. The summed E-state index contributed by atoms with van der Waals surface area (Å²) in [5.41, 5.74) is 6.29. The number of anilines is 1. The highest BCUT2D eigenvalue weighted by Crippen LogP contribution is 2.40. The van der Waals surface area contributed by atoms with Crippen molar-refractivity contribution in [3.8, 4) is 16.9 Å². The van der Waals surface area contributed by atoms with Gasteiger partial charge in [0.1, 0.15) is 17.9 Å². The van der Waals surface area contributed by atoms with E-state index < -0.39 is 5.97 Å². The number of pyridine rings is 1. The van der Waals surface area contributed by atoms with Crippen molar-refractivity contribution in [2.24, 2.45) is 0 Å². The van der Waals surface area contributed by atoms with Crippen LogP contribution in [0.3, 0.4) is 0 Å². The van der Waals surface area contributed by atoms with Gasteiger partial charge in [0.15, 0.2) is 0 Å². The molecule has 0 bridgehead atoms. The predicted octanol–water partition coefficient (Wildman–Crippen LogP) is 4.15. The van der Waals surface area contributed by atoms with Crippen molar-refractivity contribution in [1.29, 1.82) is 0 Å². The van der Waals surface area contributed by atoms with Crippen molar-refractivity contribution in [1.82, 2.24) is 19.4 Å². The van der Waals surface area contributed by atoms with Gasteiger partial charge in [-0.05, 0) is 37.5 Å². The van der Waals surface area contributed by atoms with Crippen molar-refractivity contribution in [3.63, 3.8) is 0 Å². The second-order valence-electron chi connectivity index (χ2n) is 8.17. The number of nitrogens with one attached hydrogen (secondary N) is 1. The molecule has 8 nitrogen and oxygen atoms in total. The Morgan fingerprint density at radius 3 is 2.76 bits per heavy atom. The highest BCUT2D eigenvalue weighted by atomic mass is 16.5. The third-order valence-electron chi connectivity index (χ3n) is 6.12. The number of carboxylic acids is 1. The molecule has 0 saturated heterocycles. The molecule has 168 valence electrons. The average molecular weight is 444 g/mol. The molecule has 1 aliphatic carbocycles. The van der Waals surface area contributed by atoms with Crippen LogP contribution in [0.2, 0.25) is 0 Å². The van der Waals surface area contributed by atoms with Gasteiger partial charge in [0.05, 0.1) is 18.5 Å². The van der Waals surface area contributed by atoms with E-state index in [1.54, 1.807) is 19.5 Å². The topological polar surface area (TPSA) is 102 Å². The first-order valence-electron chi connectivity index (χ1n) is 11.1. The van der Waals surface area contributed by atoms with Gasteiger partial charge in [-0.3, -0.25) is 4.79 Å². The minimum atomic E-state index is -0.960. The van der Waals surface area contributed by atoms with E-state index in [0.29, 0.717) is 0 Å². The highest BCUT2D eigenvalue weighted by molar-refractivity contribution is 5.72. The van der Waals surface area contributed by atoms with Crippen LogP contribution in [0.4, 0.5) is 5.95 Å². The maximum absolute atomic E-state index is 10.7. The number of aryl methyl sites for hydroxylation is 1. The van der Waals surface area contributed by atoms with E-state index in [0.717, 1.165) is 53.9 Å². The number of nitrogens with zero attached hydrogens (tertiary/aromatic N) is 4. The van der Waals surface area contributed by atoms with Crippen molar-refractivity contribution < 1.29 is 14.6 Å². The Kier molecular flexibility index (Phi) is 5.64. The number of imidazole rings is 1. The van der Waals surface area contributed by atoms with E-state index >= 15 is 0 Å². The number of hydrogen-bond donors (Lipinski definition) is 2. The number of benzene rings is 1. The fourth-order valence-corrected chi connectivity index (χ4v) is 4.59. The molecule has 8 heteroatoms. The first-order valence-corrected chi connectivity index (χ1v) is 11.1. The molecule has 2 N–H and O–H groups in total. The van der Waals surface area contributed by atoms with Gasteiger partial charge in [-0.25, -0.2) is 15.0 Å². The highest BCUT2D eigenvalue weighted by Gasteiger charge is 2.27. The number of carbonyl (C=O) groups is 1. The lowest BCUT2D eigenvalue weighted by molar-refractivity contribution is -0.134. The molecule has 0 fully saturated rings. The largest absolute Gasteiger partial charge is 0.496 e. The SMILES string of the molecule is COc1ccccc1C1CCCCc2nc3ccc(-c4cnc(NCC(=O)O)nc4)cn3c21. The molecule has 0 radical (unpaired) electrons. The van der Waals surface area contributed by atoms with Crippen molar-refractivity contribution in [2.75, 3.05) is 19.0 Å². The molecule has 0 amide bonds. The van der Waals surface area contributed by atoms with Crippen LogP contribution in [0.15, 0.2) is 55.0 Å². The molecule has 0 saturated carbocycles. The lowest BCUT2D eigenvalue weighted by atomic mass is 9.90. The van der Waals surface area contributed by atoms with Crippen LogP contribution < -0.4 is 10.1 Å². The van der Waals surface area contributed by atoms with Crippen LogP contribution in [0, 0.1) is 0 Å². The first kappa shape index (κ1) is 20.9. The van der Waals surface area contributed by atoms with Gasteiger partial charge in [0, 0.05) is 41.2 Å². The van der Waals surface area contributed by atoms with E-state index in [-0.39, 0.29) is 18.4 Å². The number of methoxy groups -OCH3 is 1. The Balaban J connectivity index is 1.56. The summed E-state index contributed by atoms with van der Waals surface area (Å²) in [7, 11) is 1.72. The lowest BCUT2D eigenvalue weighted by Gasteiger charge is -2.19. The van der Waals surface area contributed by atoms with Crippen molar-refractivity contribution >= 4 is 17.6 Å². The second-order valence-corrected chi connectivity index (χ2v) is 8.17. The number of ether oxygens (including phenoxy) is 1. The fraction of sp³-hybridized carbons (Fsp3) is 0.280. The van der Waals surface area contributed by atoms with Crippen molar-refractivity contribution in [3.05, 3.63) is 71.9 Å². The molecular weight excluding hydrogens is 418 g/mol. The minimum Gasteiger partial charge on any atom is -0.496 e. The number of aromatic nitrogens is 4. The van der Waals surface area contributed by atoms with Crippen LogP contribution >= 0.6 is 0 Å². The fourth-order valence-electron chi connectivity index (χ4n) is 4.59. The summed E-state index contributed by atoms with van der Waals surface area (Å²) in [5, 5.41) is 11.5. The van der Waals surface area contributed by atoms with Gasteiger partial charge >= 0.3 is 5.97 Å². The third kappa shape index (κ3) is 4.11. The van der Waals surface area contributed by atoms with E-state index in [9.17, 15) is 4.79 Å². The van der Waals surface area contributed by atoms with Crippen LogP contribution in [0.1, 0.15) is 42.1 Å². The van der Waals surface area contributed by atoms with E-state index in [1.807, 2.05) is 24.3 Å². The Bertz CT molecular complexity index is 1300. The van der Waals surface area contributed by atoms with Gasteiger partial charge in [-0.15, -0.1) is 0 Å². The summed E-state index contributed by atoms with van der Waals surface area (Å²) in [6.45, 7) is -0.225. The Hall–Kier alpha value is -3.94. The Morgan fingerprint density at radius 2 is 1.97 bits per heavy atom. The molecule has 0 spiro atoms.